The first-order valence-electron chi connectivity index (χ1n) is 13.8. The van der Waals surface area contributed by atoms with E-state index in [4.69, 9.17) is 10.5 Å². The molecule has 1 aromatic carbocycles. The molecule has 3 saturated heterocycles. The third-order valence-corrected chi connectivity index (χ3v) is 8.71. The summed E-state index contributed by atoms with van der Waals surface area (Å²) >= 11 is 0. The molecule has 2 aromatic heterocycles. The molecule has 0 saturated carbocycles. The van der Waals surface area contributed by atoms with Gasteiger partial charge in [0.1, 0.15) is 11.8 Å². The zero-order valence-corrected chi connectivity index (χ0v) is 22.4. The van der Waals surface area contributed by atoms with E-state index >= 15 is 0 Å². The van der Waals surface area contributed by atoms with E-state index in [1.54, 1.807) is 17.8 Å². The lowest BCUT2D eigenvalue weighted by molar-refractivity contribution is 0.0356. The minimum Gasteiger partial charge on any atom is -0.378 e. The number of nitriles is 1. The summed E-state index contributed by atoms with van der Waals surface area (Å²) in [7, 11) is 1.74. The third-order valence-electron chi connectivity index (χ3n) is 8.71. The monoisotopic (exact) mass is 514 g/mol. The van der Waals surface area contributed by atoms with Gasteiger partial charge in [0.15, 0.2) is 0 Å². The molecule has 0 radical (unpaired) electrons. The minimum absolute atomic E-state index is 0.0693. The first-order chi connectivity index (χ1) is 18.5. The van der Waals surface area contributed by atoms with Crippen LogP contribution in [-0.2, 0) is 11.2 Å². The Labute approximate surface area is 225 Å². The Balaban J connectivity index is 1.08. The van der Waals surface area contributed by atoms with Crippen LogP contribution >= 0.6 is 0 Å². The van der Waals surface area contributed by atoms with Gasteiger partial charge in [-0.3, -0.25) is 4.90 Å². The number of nitrogens with zero attached hydrogens (tertiary/aromatic N) is 7. The Morgan fingerprint density at radius 3 is 2.61 bits per heavy atom. The highest BCUT2D eigenvalue weighted by Gasteiger charge is 2.36. The van der Waals surface area contributed by atoms with E-state index in [1.807, 2.05) is 12.1 Å². The predicted molar refractivity (Wildman–Crippen MR) is 150 cm³/mol. The quantitative estimate of drug-likeness (QED) is 0.533. The Morgan fingerprint density at radius 2 is 1.84 bits per heavy atom. The number of piperazine rings is 2. The Bertz CT molecular complexity index is 1300. The summed E-state index contributed by atoms with van der Waals surface area (Å²) in [5, 5.41) is 13.8. The van der Waals surface area contributed by atoms with Gasteiger partial charge in [-0.25, -0.2) is 4.52 Å². The van der Waals surface area contributed by atoms with E-state index in [-0.39, 0.29) is 12.1 Å². The second kappa shape index (κ2) is 10.5. The van der Waals surface area contributed by atoms with Crippen LogP contribution in [0.15, 0.2) is 48.7 Å². The van der Waals surface area contributed by atoms with E-state index < -0.39 is 0 Å². The number of nitrogens with two attached hydrogens (primary N) is 1. The molecule has 6 rings (SSSR count). The molecular weight excluding hydrogens is 476 g/mol. The van der Waals surface area contributed by atoms with Gasteiger partial charge >= 0.3 is 0 Å². The molecule has 5 heterocycles. The summed E-state index contributed by atoms with van der Waals surface area (Å²) in [5.41, 5.74) is 11.6. The number of hydrogen-bond donors (Lipinski definition) is 1. The van der Waals surface area contributed by atoms with Crippen LogP contribution in [0.3, 0.4) is 0 Å². The first kappa shape index (κ1) is 25.1. The highest BCUT2D eigenvalue weighted by molar-refractivity contribution is 5.74. The molecule has 4 atom stereocenters. The highest BCUT2D eigenvalue weighted by Crippen LogP contribution is 2.29. The van der Waals surface area contributed by atoms with Crippen LogP contribution in [0.25, 0.3) is 5.52 Å². The summed E-state index contributed by atoms with van der Waals surface area (Å²) in [4.78, 5) is 10.1. The minimum atomic E-state index is 0.0693. The van der Waals surface area contributed by atoms with Gasteiger partial charge in [-0.2, -0.15) is 10.4 Å². The van der Waals surface area contributed by atoms with Gasteiger partial charge in [0.25, 0.3) is 0 Å². The lowest BCUT2D eigenvalue weighted by Crippen LogP contribution is -2.65. The number of methoxy groups -OCH3 is 1. The van der Waals surface area contributed by atoms with Crippen molar-refractivity contribution in [3.8, 4) is 6.07 Å². The fourth-order valence-corrected chi connectivity index (χ4v) is 6.60. The molecule has 0 bridgehead atoms. The normalized spacial score (nSPS) is 26.6. The van der Waals surface area contributed by atoms with Crippen LogP contribution in [-0.4, -0.2) is 103 Å². The number of benzene rings is 1. The van der Waals surface area contributed by atoms with Crippen molar-refractivity contribution in [1.82, 2.24) is 19.4 Å². The maximum Gasteiger partial charge on any atom is 0.142 e. The average molecular weight is 515 g/mol. The van der Waals surface area contributed by atoms with Crippen molar-refractivity contribution in [3.05, 3.63) is 59.9 Å². The number of fused-ring (bicyclic) bond motifs is 2. The molecule has 3 aliphatic heterocycles. The first-order valence-corrected chi connectivity index (χ1v) is 13.8. The number of anilines is 2. The van der Waals surface area contributed by atoms with Crippen LogP contribution in [0.4, 0.5) is 11.4 Å². The number of ether oxygens (including phenoxy) is 1. The fourth-order valence-electron chi connectivity index (χ4n) is 6.60. The lowest BCUT2D eigenvalue weighted by Gasteiger charge is -2.51. The number of hydrogen-bond acceptors (Lipinski definition) is 8. The van der Waals surface area contributed by atoms with E-state index in [1.165, 1.54) is 16.9 Å². The van der Waals surface area contributed by atoms with Crippen LogP contribution in [0.5, 0.6) is 0 Å². The van der Waals surface area contributed by atoms with Crippen molar-refractivity contribution in [2.24, 2.45) is 5.73 Å². The maximum absolute atomic E-state index is 9.46. The molecule has 9 nitrogen and oxygen atoms in total. The molecule has 1 unspecified atom stereocenters. The summed E-state index contributed by atoms with van der Waals surface area (Å²) in [6.07, 6.45) is 2.94. The van der Waals surface area contributed by atoms with E-state index in [0.717, 1.165) is 64.3 Å². The zero-order valence-electron chi connectivity index (χ0n) is 22.4. The standard InChI is InChI=1S/C29H38N8O/c1-21-16-35(27-8-7-24(15-30)37-28(27)9-11-32-37)18-25-17-33(13-14-36(21)25)12-10-22-3-5-23(6-4-22)34-19-26(31)29(20-34)38-2/h3-9,11,21,25-26,29H,10,12-14,16-20,31H2,1-2H3/t21-,25+,26?,29-/m1/s1. The van der Waals surface area contributed by atoms with Crippen molar-refractivity contribution in [2.75, 3.05) is 69.3 Å². The van der Waals surface area contributed by atoms with Gasteiger partial charge in [0.05, 0.1) is 29.5 Å². The van der Waals surface area contributed by atoms with Gasteiger partial charge in [0, 0.05) is 77.2 Å². The van der Waals surface area contributed by atoms with Gasteiger partial charge in [-0.05, 0) is 49.2 Å². The van der Waals surface area contributed by atoms with Gasteiger partial charge in [0.2, 0.25) is 0 Å². The summed E-state index contributed by atoms with van der Waals surface area (Å²) in [5.74, 6) is 0. The number of pyridine rings is 1. The molecule has 38 heavy (non-hydrogen) atoms. The van der Waals surface area contributed by atoms with Gasteiger partial charge in [-0.1, -0.05) is 12.1 Å². The van der Waals surface area contributed by atoms with E-state index in [2.05, 4.69) is 68.0 Å². The third kappa shape index (κ3) is 4.74. The molecule has 2 N–H and O–H groups in total. The van der Waals surface area contributed by atoms with Crippen molar-refractivity contribution in [3.63, 3.8) is 0 Å². The summed E-state index contributed by atoms with van der Waals surface area (Å²) < 4.78 is 7.27. The molecule has 0 spiro atoms. The Morgan fingerprint density at radius 1 is 1.00 bits per heavy atom. The SMILES string of the molecule is CO[C@@H]1CN(c2ccc(CCN3CCN4[C@@H](C3)CN(c3ccc(C#N)n5nccc35)C[C@H]4C)cc2)CC1N. The molecule has 200 valence electrons. The maximum atomic E-state index is 9.46. The summed E-state index contributed by atoms with van der Waals surface area (Å²) in [6, 6.07) is 18.3. The largest absolute Gasteiger partial charge is 0.378 e. The van der Waals surface area contributed by atoms with E-state index in [0.29, 0.717) is 17.8 Å². The average Bonchev–Trinajstić information content (AvgIpc) is 3.58. The molecule has 9 heteroatoms. The van der Waals surface area contributed by atoms with Crippen molar-refractivity contribution in [1.29, 1.82) is 5.26 Å². The van der Waals surface area contributed by atoms with Crippen LogP contribution in [0.1, 0.15) is 18.2 Å². The zero-order chi connectivity index (χ0) is 26.2. The smallest absolute Gasteiger partial charge is 0.142 e. The molecule has 3 aliphatic rings. The number of aromatic nitrogens is 2. The van der Waals surface area contributed by atoms with Gasteiger partial charge < -0.3 is 25.2 Å². The summed E-state index contributed by atoms with van der Waals surface area (Å²) in [6.45, 7) is 10.4. The van der Waals surface area contributed by atoms with Crippen LogP contribution < -0.4 is 15.5 Å². The molecule has 3 fully saturated rings. The molecule has 0 amide bonds. The molecule has 0 aliphatic carbocycles. The van der Waals surface area contributed by atoms with Crippen molar-refractivity contribution >= 4 is 16.9 Å². The lowest BCUT2D eigenvalue weighted by atomic mass is 10.0. The molecular formula is C29H38N8O. The van der Waals surface area contributed by atoms with Crippen molar-refractivity contribution < 1.29 is 4.74 Å². The highest BCUT2D eigenvalue weighted by atomic mass is 16.5. The van der Waals surface area contributed by atoms with Crippen LogP contribution in [0, 0.1) is 11.3 Å². The van der Waals surface area contributed by atoms with E-state index in [9.17, 15) is 5.26 Å². The van der Waals surface area contributed by atoms with Crippen LogP contribution in [0.2, 0.25) is 0 Å². The Hall–Kier alpha value is -3.16. The fraction of sp³-hybridized carbons (Fsp3) is 0.517. The number of rotatable bonds is 6. The predicted octanol–water partition coefficient (Wildman–Crippen LogP) is 1.81. The second-order valence-corrected chi connectivity index (χ2v) is 11.0. The molecule has 3 aromatic rings. The topological polar surface area (TPSA) is 89.3 Å². The Kier molecular flexibility index (Phi) is 6.97. The van der Waals surface area contributed by atoms with Crippen molar-refractivity contribution in [2.45, 2.75) is 37.6 Å². The van der Waals surface area contributed by atoms with Gasteiger partial charge in [-0.15, -0.1) is 0 Å². The second-order valence-electron chi connectivity index (χ2n) is 11.0.